The summed E-state index contributed by atoms with van der Waals surface area (Å²) in [5.74, 6) is -1.67. The van der Waals surface area contributed by atoms with Crippen molar-refractivity contribution < 1.29 is 29.0 Å². The van der Waals surface area contributed by atoms with E-state index in [0.717, 1.165) is 0 Å². The maximum atomic E-state index is 12.0. The minimum Gasteiger partial charge on any atom is -0.461 e. The van der Waals surface area contributed by atoms with Gasteiger partial charge in [0.1, 0.15) is 18.9 Å². The van der Waals surface area contributed by atoms with Crippen LogP contribution in [-0.2, 0) is 23.9 Å². The second-order valence-electron chi connectivity index (χ2n) is 5.51. The maximum Gasteiger partial charge on any atom is 0.355 e. The molecular formula is C18H27NO6. The van der Waals surface area contributed by atoms with Crippen LogP contribution in [0.2, 0.25) is 0 Å². The molecule has 1 amide bonds. The van der Waals surface area contributed by atoms with Crippen molar-refractivity contribution in [2.75, 3.05) is 19.8 Å². The monoisotopic (exact) mass is 353 g/mol. The number of esters is 2. The van der Waals surface area contributed by atoms with Gasteiger partial charge in [0.2, 0.25) is 6.41 Å². The van der Waals surface area contributed by atoms with E-state index >= 15 is 0 Å². The third kappa shape index (κ3) is 8.30. The Morgan fingerprint density at radius 1 is 1.08 bits per heavy atom. The molecule has 0 aliphatic rings. The smallest absolute Gasteiger partial charge is 0.355 e. The molecule has 0 aromatic carbocycles. The third-order valence-corrected chi connectivity index (χ3v) is 3.60. The van der Waals surface area contributed by atoms with Crippen molar-refractivity contribution in [2.45, 2.75) is 26.7 Å². The Morgan fingerprint density at radius 3 is 2.16 bits per heavy atom. The van der Waals surface area contributed by atoms with E-state index < -0.39 is 12.6 Å². The lowest BCUT2D eigenvalue weighted by molar-refractivity contribution is -0.147. The molecule has 2 unspecified atom stereocenters. The van der Waals surface area contributed by atoms with Crippen LogP contribution in [-0.4, -0.2) is 43.3 Å². The van der Waals surface area contributed by atoms with Crippen LogP contribution in [0, 0.1) is 11.8 Å². The molecule has 0 aromatic heterocycles. The van der Waals surface area contributed by atoms with Crippen molar-refractivity contribution in [1.82, 2.24) is 5.32 Å². The van der Waals surface area contributed by atoms with Gasteiger partial charge in [-0.3, -0.25) is 9.59 Å². The SMILES string of the molecule is C=CCOC(=O)/C(NC=O)=C(\CO)C(C)CCC(C)C(=O)OCC=C. The fraction of sp³-hybridized carbons (Fsp3) is 0.500. The zero-order valence-corrected chi connectivity index (χ0v) is 14.8. The van der Waals surface area contributed by atoms with Crippen molar-refractivity contribution in [2.24, 2.45) is 11.8 Å². The van der Waals surface area contributed by atoms with E-state index in [-0.39, 0.29) is 36.7 Å². The van der Waals surface area contributed by atoms with E-state index in [9.17, 15) is 19.5 Å². The molecule has 0 saturated carbocycles. The van der Waals surface area contributed by atoms with E-state index in [0.29, 0.717) is 24.8 Å². The highest BCUT2D eigenvalue weighted by Crippen LogP contribution is 2.22. The Balaban J connectivity index is 5.03. The maximum absolute atomic E-state index is 12.0. The summed E-state index contributed by atoms with van der Waals surface area (Å²) >= 11 is 0. The van der Waals surface area contributed by atoms with Crippen LogP contribution in [0.25, 0.3) is 0 Å². The molecule has 0 aromatic rings. The Labute approximate surface area is 148 Å². The van der Waals surface area contributed by atoms with Crippen LogP contribution < -0.4 is 5.32 Å². The molecule has 0 fully saturated rings. The van der Waals surface area contributed by atoms with Gasteiger partial charge in [-0.25, -0.2) is 4.79 Å². The molecule has 0 saturated heterocycles. The van der Waals surface area contributed by atoms with Gasteiger partial charge in [0.25, 0.3) is 0 Å². The first-order valence-corrected chi connectivity index (χ1v) is 8.02. The number of amides is 1. The van der Waals surface area contributed by atoms with Gasteiger partial charge < -0.3 is 19.9 Å². The van der Waals surface area contributed by atoms with E-state index in [2.05, 4.69) is 18.5 Å². The summed E-state index contributed by atoms with van der Waals surface area (Å²) in [4.78, 5) is 34.5. The summed E-state index contributed by atoms with van der Waals surface area (Å²) in [6.07, 6.45) is 4.25. The van der Waals surface area contributed by atoms with Gasteiger partial charge in [-0.1, -0.05) is 39.2 Å². The summed E-state index contributed by atoms with van der Waals surface area (Å²) in [5.41, 5.74) is 0.251. The van der Waals surface area contributed by atoms with Gasteiger partial charge in [-0.2, -0.15) is 0 Å². The number of aliphatic hydroxyl groups excluding tert-OH is 1. The number of rotatable bonds is 13. The highest BCUT2D eigenvalue weighted by molar-refractivity contribution is 5.91. The Morgan fingerprint density at radius 2 is 1.64 bits per heavy atom. The first-order chi connectivity index (χ1) is 11.9. The molecular weight excluding hydrogens is 326 g/mol. The summed E-state index contributed by atoms with van der Waals surface area (Å²) in [5, 5.41) is 11.9. The minimum absolute atomic E-state index is 0.0118. The second-order valence-corrected chi connectivity index (χ2v) is 5.51. The first kappa shape index (κ1) is 22.6. The number of hydrogen-bond donors (Lipinski definition) is 2. The summed E-state index contributed by atoms with van der Waals surface area (Å²) in [6, 6.07) is 0. The quantitative estimate of drug-likeness (QED) is 0.225. The predicted molar refractivity (Wildman–Crippen MR) is 93.2 cm³/mol. The molecule has 0 bridgehead atoms. The molecule has 25 heavy (non-hydrogen) atoms. The van der Waals surface area contributed by atoms with Gasteiger partial charge in [-0.05, 0) is 24.3 Å². The summed E-state index contributed by atoms with van der Waals surface area (Å²) in [6.45, 7) is 10.2. The van der Waals surface area contributed by atoms with Gasteiger partial charge in [0, 0.05) is 0 Å². The zero-order valence-electron chi connectivity index (χ0n) is 14.8. The van der Waals surface area contributed by atoms with Crippen molar-refractivity contribution in [3.8, 4) is 0 Å². The Hall–Kier alpha value is -2.41. The molecule has 0 heterocycles. The fourth-order valence-electron chi connectivity index (χ4n) is 2.11. The van der Waals surface area contributed by atoms with Gasteiger partial charge in [0.05, 0.1) is 12.5 Å². The van der Waals surface area contributed by atoms with E-state index in [1.807, 2.05) is 0 Å². The van der Waals surface area contributed by atoms with E-state index in [1.54, 1.807) is 13.8 Å². The molecule has 0 aliphatic carbocycles. The van der Waals surface area contributed by atoms with Gasteiger partial charge in [-0.15, -0.1) is 0 Å². The lowest BCUT2D eigenvalue weighted by Gasteiger charge is -2.19. The van der Waals surface area contributed by atoms with Crippen molar-refractivity contribution >= 4 is 18.3 Å². The number of ether oxygens (including phenoxy) is 2. The van der Waals surface area contributed by atoms with Crippen LogP contribution in [0.4, 0.5) is 0 Å². The van der Waals surface area contributed by atoms with Crippen molar-refractivity contribution in [3.05, 3.63) is 36.6 Å². The van der Waals surface area contributed by atoms with E-state index in [1.165, 1.54) is 12.2 Å². The number of aliphatic hydroxyl groups is 1. The molecule has 140 valence electrons. The van der Waals surface area contributed by atoms with Crippen LogP contribution in [0.5, 0.6) is 0 Å². The number of hydrogen-bond acceptors (Lipinski definition) is 6. The predicted octanol–water partition coefficient (Wildman–Crippen LogP) is 1.49. The van der Waals surface area contributed by atoms with Crippen LogP contribution in [0.3, 0.4) is 0 Å². The van der Waals surface area contributed by atoms with Gasteiger partial charge in [0.15, 0.2) is 0 Å². The highest BCUT2D eigenvalue weighted by Gasteiger charge is 2.22. The lowest BCUT2D eigenvalue weighted by Crippen LogP contribution is -2.26. The molecule has 2 atom stereocenters. The second kappa shape index (κ2) is 12.9. The minimum atomic E-state index is -0.749. The number of carbonyl (C=O) groups excluding carboxylic acids is 3. The molecule has 0 spiro atoms. The molecule has 7 heteroatoms. The van der Waals surface area contributed by atoms with Crippen LogP contribution in [0.1, 0.15) is 26.7 Å². The largest absolute Gasteiger partial charge is 0.461 e. The normalized spacial score (nSPS) is 13.7. The topological polar surface area (TPSA) is 102 Å². The molecule has 2 N–H and O–H groups in total. The average molecular weight is 353 g/mol. The summed E-state index contributed by atoms with van der Waals surface area (Å²) < 4.78 is 9.90. The first-order valence-electron chi connectivity index (χ1n) is 8.02. The average Bonchev–Trinajstić information content (AvgIpc) is 2.61. The fourth-order valence-corrected chi connectivity index (χ4v) is 2.11. The van der Waals surface area contributed by atoms with Crippen LogP contribution >= 0.6 is 0 Å². The molecule has 0 radical (unpaired) electrons. The van der Waals surface area contributed by atoms with Gasteiger partial charge >= 0.3 is 11.9 Å². The summed E-state index contributed by atoms with van der Waals surface area (Å²) in [7, 11) is 0. The Kier molecular flexibility index (Phi) is 11.7. The highest BCUT2D eigenvalue weighted by atomic mass is 16.5. The number of carbonyl (C=O) groups is 3. The molecule has 0 aliphatic heterocycles. The van der Waals surface area contributed by atoms with Crippen LogP contribution in [0.15, 0.2) is 36.6 Å². The Bertz CT molecular complexity index is 512. The lowest BCUT2D eigenvalue weighted by atomic mass is 9.91. The van der Waals surface area contributed by atoms with Crippen molar-refractivity contribution in [1.29, 1.82) is 0 Å². The molecule has 0 rings (SSSR count). The van der Waals surface area contributed by atoms with E-state index in [4.69, 9.17) is 9.47 Å². The third-order valence-electron chi connectivity index (χ3n) is 3.60. The molecule has 7 nitrogen and oxygen atoms in total. The standard InChI is InChI=1S/C18H27NO6/c1-5-9-24-17(22)14(4)8-7-13(3)15(11-20)16(19-12-21)18(23)25-10-6-2/h5-6,12-14,20H,1-2,7-11H2,3-4H3,(H,19,21)/b16-15-. The number of nitrogens with one attached hydrogen (secondary N) is 1. The zero-order chi connectivity index (χ0) is 19.2. The van der Waals surface area contributed by atoms with Crippen molar-refractivity contribution in [3.63, 3.8) is 0 Å².